The smallest absolute Gasteiger partial charge is 0.269 e. The van der Waals surface area contributed by atoms with Crippen LogP contribution in [0.25, 0.3) is 5.57 Å². The van der Waals surface area contributed by atoms with Crippen LogP contribution < -0.4 is 23.8 Å². The zero-order valence-electron chi connectivity index (χ0n) is 18.2. The van der Waals surface area contributed by atoms with Crippen LogP contribution in [0.3, 0.4) is 0 Å². The topological polar surface area (TPSA) is 94.2 Å². The molecule has 0 aliphatic carbocycles. The molecule has 0 atom stereocenters. The highest BCUT2D eigenvalue weighted by atomic mass is 32.2. The van der Waals surface area contributed by atoms with E-state index in [0.29, 0.717) is 40.7 Å². The van der Waals surface area contributed by atoms with Gasteiger partial charge in [0.1, 0.15) is 5.75 Å². The number of amides is 1. The van der Waals surface area contributed by atoms with E-state index in [9.17, 15) is 13.2 Å². The molecular weight excluding hydrogens is 420 g/mol. The molecule has 1 heterocycles. The van der Waals surface area contributed by atoms with E-state index in [0.717, 1.165) is 9.87 Å². The van der Waals surface area contributed by atoms with Crippen LogP contribution in [0.15, 0.2) is 41.3 Å². The summed E-state index contributed by atoms with van der Waals surface area (Å²) in [5, 5.41) is 2.71. The number of rotatable bonds is 7. The summed E-state index contributed by atoms with van der Waals surface area (Å²) in [6.45, 7) is 4.19. The molecule has 9 heteroatoms. The molecule has 166 valence electrons. The summed E-state index contributed by atoms with van der Waals surface area (Å²) in [6.07, 6.45) is 0. The third-order valence-electron chi connectivity index (χ3n) is 5.07. The van der Waals surface area contributed by atoms with E-state index in [1.807, 2.05) is 25.1 Å². The highest BCUT2D eigenvalue weighted by Crippen LogP contribution is 2.44. The van der Waals surface area contributed by atoms with Crippen molar-refractivity contribution in [3.63, 3.8) is 0 Å². The van der Waals surface area contributed by atoms with Crippen molar-refractivity contribution in [3.05, 3.63) is 52.4 Å². The summed E-state index contributed by atoms with van der Waals surface area (Å²) in [5.74, 6) is 0.857. The molecule has 0 aromatic heterocycles. The number of sulfonamides is 1. The average Bonchev–Trinajstić information content (AvgIpc) is 2.75. The SMILES string of the molecule is CCOc1cccc(CNC(=O)C2=C(C)c3cc(OC)c(OC)cc3N(C)S2(=O)=O)c1. The number of carbonyl (C=O) groups is 1. The molecule has 0 fully saturated rings. The molecule has 31 heavy (non-hydrogen) atoms. The number of nitrogens with one attached hydrogen (secondary N) is 1. The second-order valence-corrected chi connectivity index (χ2v) is 8.82. The molecule has 0 unspecified atom stereocenters. The predicted molar refractivity (Wildman–Crippen MR) is 119 cm³/mol. The van der Waals surface area contributed by atoms with Gasteiger partial charge in [-0.2, -0.15) is 0 Å². The predicted octanol–water partition coefficient (Wildman–Crippen LogP) is 2.93. The van der Waals surface area contributed by atoms with Crippen LogP contribution in [0.5, 0.6) is 17.2 Å². The van der Waals surface area contributed by atoms with Crippen molar-refractivity contribution in [1.29, 1.82) is 0 Å². The van der Waals surface area contributed by atoms with E-state index in [4.69, 9.17) is 14.2 Å². The number of anilines is 1. The van der Waals surface area contributed by atoms with Crippen LogP contribution in [0.2, 0.25) is 0 Å². The Kier molecular flexibility index (Phi) is 6.45. The Morgan fingerprint density at radius 1 is 1.10 bits per heavy atom. The second kappa shape index (κ2) is 8.89. The average molecular weight is 447 g/mol. The molecule has 0 radical (unpaired) electrons. The van der Waals surface area contributed by atoms with E-state index in [-0.39, 0.29) is 11.4 Å². The largest absolute Gasteiger partial charge is 0.494 e. The fourth-order valence-corrected chi connectivity index (χ4v) is 4.96. The van der Waals surface area contributed by atoms with Gasteiger partial charge in [-0.15, -0.1) is 0 Å². The maximum Gasteiger partial charge on any atom is 0.269 e. The van der Waals surface area contributed by atoms with E-state index >= 15 is 0 Å². The van der Waals surface area contributed by atoms with Gasteiger partial charge in [-0.3, -0.25) is 9.10 Å². The van der Waals surface area contributed by atoms with Crippen molar-refractivity contribution in [1.82, 2.24) is 5.32 Å². The first kappa shape index (κ1) is 22.5. The number of benzene rings is 2. The van der Waals surface area contributed by atoms with Crippen molar-refractivity contribution in [2.45, 2.75) is 20.4 Å². The third-order valence-corrected chi connectivity index (χ3v) is 7.00. The lowest BCUT2D eigenvalue weighted by Gasteiger charge is -2.30. The standard InChI is InChI=1S/C22H26N2O6S/c1-6-30-16-9-7-8-15(10-16)13-23-22(25)21-14(2)17-11-19(28-4)20(29-5)12-18(17)24(3)31(21,26)27/h7-12H,6,13H2,1-5H3,(H,23,25). The lowest BCUT2D eigenvalue weighted by Crippen LogP contribution is -2.38. The van der Waals surface area contributed by atoms with Crippen LogP contribution in [-0.2, 0) is 21.4 Å². The minimum atomic E-state index is -4.05. The highest BCUT2D eigenvalue weighted by Gasteiger charge is 2.38. The fourth-order valence-electron chi connectivity index (χ4n) is 3.47. The Hall–Kier alpha value is -3.20. The van der Waals surface area contributed by atoms with Crippen molar-refractivity contribution in [2.75, 3.05) is 32.2 Å². The van der Waals surface area contributed by atoms with Gasteiger partial charge in [0.2, 0.25) is 0 Å². The fraction of sp³-hybridized carbons (Fsp3) is 0.318. The Morgan fingerprint density at radius 2 is 1.77 bits per heavy atom. The summed E-state index contributed by atoms with van der Waals surface area (Å²) >= 11 is 0. The first-order valence-corrected chi connectivity index (χ1v) is 11.1. The molecule has 0 spiro atoms. The Bertz CT molecular complexity index is 1140. The number of hydrogen-bond donors (Lipinski definition) is 1. The quantitative estimate of drug-likeness (QED) is 0.703. The van der Waals surface area contributed by atoms with Gasteiger partial charge >= 0.3 is 0 Å². The maximum atomic E-state index is 13.1. The molecule has 0 bridgehead atoms. The number of nitrogens with zero attached hydrogens (tertiary/aromatic N) is 1. The molecule has 3 rings (SSSR count). The zero-order valence-corrected chi connectivity index (χ0v) is 19.0. The van der Waals surface area contributed by atoms with E-state index in [1.165, 1.54) is 21.3 Å². The van der Waals surface area contributed by atoms with Gasteiger partial charge in [0.25, 0.3) is 15.9 Å². The van der Waals surface area contributed by atoms with Crippen molar-refractivity contribution in [2.24, 2.45) is 0 Å². The van der Waals surface area contributed by atoms with Gasteiger partial charge in [0.15, 0.2) is 16.4 Å². The van der Waals surface area contributed by atoms with Crippen molar-refractivity contribution < 1.29 is 27.4 Å². The van der Waals surface area contributed by atoms with Gasteiger partial charge in [-0.05, 0) is 43.2 Å². The number of fused-ring (bicyclic) bond motifs is 1. The minimum absolute atomic E-state index is 0.161. The Balaban J connectivity index is 1.97. The minimum Gasteiger partial charge on any atom is -0.494 e. The monoisotopic (exact) mass is 446 g/mol. The van der Waals surface area contributed by atoms with E-state index < -0.39 is 15.9 Å². The molecular formula is C22H26N2O6S. The summed E-state index contributed by atoms with van der Waals surface area (Å²) in [7, 11) is 0.331. The Morgan fingerprint density at radius 3 is 2.42 bits per heavy atom. The van der Waals surface area contributed by atoms with E-state index in [2.05, 4.69) is 5.32 Å². The molecule has 1 aliphatic rings. The maximum absolute atomic E-state index is 13.1. The lowest BCUT2D eigenvalue weighted by molar-refractivity contribution is -0.117. The van der Waals surface area contributed by atoms with Gasteiger partial charge in [0.05, 0.1) is 26.5 Å². The van der Waals surface area contributed by atoms with Crippen LogP contribution >= 0.6 is 0 Å². The third kappa shape index (κ3) is 4.18. The highest BCUT2D eigenvalue weighted by molar-refractivity contribution is 7.97. The Labute approximate surface area is 182 Å². The molecule has 1 N–H and O–H groups in total. The molecule has 0 saturated carbocycles. The molecule has 2 aromatic rings. The van der Waals surface area contributed by atoms with E-state index in [1.54, 1.807) is 25.1 Å². The normalized spacial score (nSPS) is 14.7. The number of carbonyl (C=O) groups excluding carboxylic acids is 1. The summed E-state index contributed by atoms with van der Waals surface area (Å²) in [5.41, 5.74) is 2.13. The van der Waals surface area contributed by atoms with Crippen LogP contribution in [0.1, 0.15) is 25.0 Å². The molecule has 2 aromatic carbocycles. The second-order valence-electron chi connectivity index (χ2n) is 6.91. The molecule has 8 nitrogen and oxygen atoms in total. The van der Waals surface area contributed by atoms with Crippen molar-refractivity contribution >= 4 is 27.2 Å². The van der Waals surface area contributed by atoms with Crippen molar-refractivity contribution in [3.8, 4) is 17.2 Å². The number of methoxy groups -OCH3 is 2. The first-order valence-electron chi connectivity index (χ1n) is 9.70. The summed E-state index contributed by atoms with van der Waals surface area (Å²) < 4.78 is 43.5. The van der Waals surface area contributed by atoms with Gasteiger partial charge < -0.3 is 19.5 Å². The number of hydrogen-bond acceptors (Lipinski definition) is 6. The lowest BCUT2D eigenvalue weighted by atomic mass is 10.0. The van der Waals surface area contributed by atoms with Crippen LogP contribution in [0, 0.1) is 0 Å². The first-order chi connectivity index (χ1) is 14.7. The zero-order chi connectivity index (χ0) is 22.8. The van der Waals surface area contributed by atoms with Gasteiger partial charge in [-0.25, -0.2) is 8.42 Å². The van der Waals surface area contributed by atoms with Crippen LogP contribution in [0.4, 0.5) is 5.69 Å². The molecule has 1 aliphatic heterocycles. The number of allylic oxidation sites excluding steroid dienone is 1. The van der Waals surface area contributed by atoms with Gasteiger partial charge in [-0.1, -0.05) is 12.1 Å². The summed E-state index contributed by atoms with van der Waals surface area (Å²) in [6, 6.07) is 10.5. The van der Waals surface area contributed by atoms with Crippen LogP contribution in [-0.4, -0.2) is 42.2 Å². The number of ether oxygens (including phenoxy) is 3. The molecule has 1 amide bonds. The summed E-state index contributed by atoms with van der Waals surface area (Å²) in [4.78, 5) is 12.7. The van der Waals surface area contributed by atoms with Gasteiger partial charge in [0, 0.05) is 25.2 Å². The molecule has 0 saturated heterocycles.